The summed E-state index contributed by atoms with van der Waals surface area (Å²) in [6, 6.07) is 10.9. The Morgan fingerprint density at radius 1 is 1.18 bits per heavy atom. The first kappa shape index (κ1) is 23.2. The SMILES string of the molecule is COc1ccc(C(=O)N2C(CC(=O)Nc3cccc([N+](=O)[O-])c3)C(=O)NC3CCCCC32)cc1. The quantitative estimate of drug-likeness (QED) is 0.497. The third-order valence-corrected chi connectivity index (χ3v) is 6.34. The number of rotatable bonds is 6. The van der Waals surface area contributed by atoms with Gasteiger partial charge >= 0.3 is 0 Å². The molecule has 0 aromatic heterocycles. The van der Waals surface area contributed by atoms with Crippen LogP contribution in [0.5, 0.6) is 5.75 Å². The molecule has 0 bridgehead atoms. The maximum Gasteiger partial charge on any atom is 0.271 e. The zero-order valence-electron chi connectivity index (χ0n) is 18.7. The van der Waals surface area contributed by atoms with E-state index in [0.29, 0.717) is 11.3 Å². The topological polar surface area (TPSA) is 131 Å². The van der Waals surface area contributed by atoms with Crippen molar-refractivity contribution in [2.75, 3.05) is 12.4 Å². The van der Waals surface area contributed by atoms with Gasteiger partial charge in [0, 0.05) is 29.4 Å². The number of hydrogen-bond acceptors (Lipinski definition) is 6. The van der Waals surface area contributed by atoms with Crippen molar-refractivity contribution in [1.29, 1.82) is 0 Å². The van der Waals surface area contributed by atoms with Gasteiger partial charge in [-0.25, -0.2) is 0 Å². The highest BCUT2D eigenvalue weighted by Crippen LogP contribution is 2.31. The molecule has 10 heteroatoms. The molecule has 3 unspecified atom stereocenters. The van der Waals surface area contributed by atoms with Crippen LogP contribution in [0.15, 0.2) is 48.5 Å². The number of nitro benzene ring substituents is 1. The summed E-state index contributed by atoms with van der Waals surface area (Å²) in [4.78, 5) is 51.5. The number of hydrogen-bond donors (Lipinski definition) is 2. The number of nitro groups is 1. The molecular formula is C24H26N4O6. The van der Waals surface area contributed by atoms with Crippen LogP contribution >= 0.6 is 0 Å². The number of nitrogens with zero attached hydrogens (tertiary/aromatic N) is 2. The smallest absolute Gasteiger partial charge is 0.271 e. The normalized spacial score (nSPS) is 21.7. The van der Waals surface area contributed by atoms with Crippen LogP contribution < -0.4 is 15.4 Å². The minimum Gasteiger partial charge on any atom is -0.497 e. The van der Waals surface area contributed by atoms with E-state index in [1.54, 1.807) is 29.2 Å². The largest absolute Gasteiger partial charge is 0.497 e. The van der Waals surface area contributed by atoms with Crippen LogP contribution in [0.3, 0.4) is 0 Å². The average Bonchev–Trinajstić information content (AvgIpc) is 2.84. The molecule has 0 spiro atoms. The first-order valence-corrected chi connectivity index (χ1v) is 11.2. The number of non-ortho nitro benzene ring substituents is 1. The molecule has 1 aliphatic heterocycles. The number of anilines is 1. The Hall–Kier alpha value is -3.95. The third kappa shape index (κ3) is 4.85. The van der Waals surface area contributed by atoms with Gasteiger partial charge in [0.1, 0.15) is 11.8 Å². The molecule has 0 radical (unpaired) electrons. The Balaban J connectivity index is 1.58. The summed E-state index contributed by atoms with van der Waals surface area (Å²) in [6.07, 6.45) is 3.13. The Morgan fingerprint density at radius 2 is 1.91 bits per heavy atom. The molecular weight excluding hydrogens is 440 g/mol. The van der Waals surface area contributed by atoms with Gasteiger partial charge in [0.15, 0.2) is 0 Å². The van der Waals surface area contributed by atoms with E-state index in [9.17, 15) is 24.5 Å². The predicted molar refractivity (Wildman–Crippen MR) is 123 cm³/mol. The van der Waals surface area contributed by atoms with Gasteiger partial charge < -0.3 is 20.3 Å². The molecule has 1 saturated carbocycles. The number of methoxy groups -OCH3 is 1. The monoisotopic (exact) mass is 466 g/mol. The molecule has 1 aliphatic carbocycles. The van der Waals surface area contributed by atoms with Gasteiger partial charge in [-0.15, -0.1) is 0 Å². The highest BCUT2D eigenvalue weighted by molar-refractivity contribution is 6.01. The highest BCUT2D eigenvalue weighted by atomic mass is 16.6. The minimum atomic E-state index is -0.993. The summed E-state index contributed by atoms with van der Waals surface area (Å²) in [5.74, 6) is -0.597. The van der Waals surface area contributed by atoms with E-state index in [2.05, 4.69) is 10.6 Å². The van der Waals surface area contributed by atoms with Gasteiger partial charge in [0.05, 0.1) is 24.5 Å². The first-order chi connectivity index (χ1) is 16.4. The van der Waals surface area contributed by atoms with Crippen LogP contribution in [0, 0.1) is 10.1 Å². The van der Waals surface area contributed by atoms with Crippen LogP contribution in [-0.4, -0.2) is 52.8 Å². The van der Waals surface area contributed by atoms with E-state index >= 15 is 0 Å². The lowest BCUT2D eigenvalue weighted by Gasteiger charge is -2.48. The number of benzene rings is 2. The lowest BCUT2D eigenvalue weighted by Crippen LogP contribution is -2.68. The number of piperazine rings is 1. The van der Waals surface area contributed by atoms with Gasteiger partial charge in [-0.1, -0.05) is 18.9 Å². The Labute approximate surface area is 196 Å². The van der Waals surface area contributed by atoms with Crippen LogP contribution in [0.4, 0.5) is 11.4 Å². The number of nitrogens with one attached hydrogen (secondary N) is 2. The van der Waals surface area contributed by atoms with E-state index in [1.165, 1.54) is 31.4 Å². The lowest BCUT2D eigenvalue weighted by atomic mass is 9.84. The molecule has 2 aromatic rings. The van der Waals surface area contributed by atoms with Crippen LogP contribution in [0.1, 0.15) is 42.5 Å². The summed E-state index contributed by atoms with van der Waals surface area (Å²) in [5.41, 5.74) is 0.498. The molecule has 178 valence electrons. The van der Waals surface area contributed by atoms with Crippen LogP contribution in [-0.2, 0) is 9.59 Å². The van der Waals surface area contributed by atoms with Crippen molar-refractivity contribution in [3.63, 3.8) is 0 Å². The van der Waals surface area contributed by atoms with Gasteiger partial charge in [-0.3, -0.25) is 24.5 Å². The molecule has 4 rings (SSSR count). The average molecular weight is 466 g/mol. The van der Waals surface area contributed by atoms with Crippen molar-refractivity contribution >= 4 is 29.1 Å². The number of carbonyl (C=O) groups excluding carboxylic acids is 3. The summed E-state index contributed by atoms with van der Waals surface area (Å²) >= 11 is 0. The first-order valence-electron chi connectivity index (χ1n) is 11.2. The van der Waals surface area contributed by atoms with Crippen LogP contribution in [0.2, 0.25) is 0 Å². The van der Waals surface area contributed by atoms with E-state index in [1.807, 2.05) is 0 Å². The van der Waals surface area contributed by atoms with Crippen molar-refractivity contribution in [2.24, 2.45) is 0 Å². The zero-order chi connectivity index (χ0) is 24.2. The van der Waals surface area contributed by atoms with E-state index < -0.39 is 16.9 Å². The maximum absolute atomic E-state index is 13.6. The molecule has 2 fully saturated rings. The molecule has 34 heavy (non-hydrogen) atoms. The second-order valence-corrected chi connectivity index (χ2v) is 8.48. The highest BCUT2D eigenvalue weighted by Gasteiger charge is 2.46. The van der Waals surface area contributed by atoms with Crippen LogP contribution in [0.25, 0.3) is 0 Å². The molecule has 1 heterocycles. The Bertz CT molecular complexity index is 1100. The molecule has 2 N–H and O–H groups in total. The fraction of sp³-hybridized carbons (Fsp3) is 0.375. The minimum absolute atomic E-state index is 0.153. The predicted octanol–water partition coefficient (Wildman–Crippen LogP) is 2.88. The summed E-state index contributed by atoms with van der Waals surface area (Å²) < 4.78 is 5.17. The second-order valence-electron chi connectivity index (χ2n) is 8.48. The lowest BCUT2D eigenvalue weighted by molar-refractivity contribution is -0.384. The zero-order valence-corrected chi connectivity index (χ0v) is 18.7. The van der Waals surface area contributed by atoms with E-state index in [-0.39, 0.29) is 41.7 Å². The third-order valence-electron chi connectivity index (χ3n) is 6.34. The molecule has 10 nitrogen and oxygen atoms in total. The van der Waals surface area contributed by atoms with E-state index in [0.717, 1.165) is 25.7 Å². The fourth-order valence-electron chi connectivity index (χ4n) is 4.70. The molecule has 2 aliphatic rings. The maximum atomic E-state index is 13.6. The van der Waals surface area contributed by atoms with Gasteiger partial charge in [-0.2, -0.15) is 0 Å². The molecule has 2 aromatic carbocycles. The van der Waals surface area contributed by atoms with Crippen molar-refractivity contribution < 1.29 is 24.0 Å². The van der Waals surface area contributed by atoms with Gasteiger partial charge in [-0.05, 0) is 43.2 Å². The van der Waals surface area contributed by atoms with Crippen molar-refractivity contribution in [1.82, 2.24) is 10.2 Å². The number of fused-ring (bicyclic) bond motifs is 1. The van der Waals surface area contributed by atoms with Crippen molar-refractivity contribution in [3.8, 4) is 5.75 Å². The van der Waals surface area contributed by atoms with Crippen molar-refractivity contribution in [3.05, 3.63) is 64.2 Å². The number of carbonyl (C=O) groups is 3. The molecule has 3 amide bonds. The van der Waals surface area contributed by atoms with Gasteiger partial charge in [0.25, 0.3) is 11.6 Å². The fourth-order valence-corrected chi connectivity index (χ4v) is 4.70. The molecule has 1 saturated heterocycles. The summed E-state index contributed by atoms with van der Waals surface area (Å²) in [5, 5.41) is 16.6. The Morgan fingerprint density at radius 3 is 2.62 bits per heavy atom. The summed E-state index contributed by atoms with van der Waals surface area (Å²) in [6.45, 7) is 0. The van der Waals surface area contributed by atoms with E-state index in [4.69, 9.17) is 4.74 Å². The second kappa shape index (κ2) is 9.90. The van der Waals surface area contributed by atoms with Gasteiger partial charge in [0.2, 0.25) is 11.8 Å². The Kier molecular flexibility index (Phi) is 6.76. The summed E-state index contributed by atoms with van der Waals surface area (Å²) in [7, 11) is 1.54. The van der Waals surface area contributed by atoms with Crippen molar-refractivity contribution in [2.45, 2.75) is 50.2 Å². The molecule has 3 atom stereocenters. The number of ether oxygens (including phenoxy) is 1. The number of amides is 3. The standard InChI is InChI=1S/C24H26N4O6/c1-34-18-11-9-15(10-12-18)24(31)27-20-8-3-2-7-19(20)26-23(30)21(27)14-22(29)25-16-5-4-6-17(13-16)28(32)33/h4-6,9-13,19-21H,2-3,7-8,14H2,1H3,(H,25,29)(H,26,30).